The molecule has 0 aliphatic heterocycles. The van der Waals surface area contributed by atoms with Gasteiger partial charge in [-0.25, -0.2) is 0 Å². The molecule has 0 rings (SSSR count). The maximum Gasteiger partial charge on any atom is 0.306 e. The fourth-order valence-corrected chi connectivity index (χ4v) is 9.08. The molecule has 1 atom stereocenters. The molecule has 0 saturated carbocycles. The number of esters is 3. The number of carbonyl (C=O) groups is 3. The molecule has 0 aromatic rings. The normalized spacial score (nSPS) is 12.6. The fraction of sp³-hybridized carbons (Fsp3) is 0.754. The quantitative estimate of drug-likeness (QED) is 0.0261. The Kier molecular flexibility index (Phi) is 60.3. The number of allylic oxidation sites excluding steroid dienone is 14. The molecule has 0 amide bonds. The minimum atomic E-state index is -0.803. The van der Waals surface area contributed by atoms with Crippen molar-refractivity contribution in [2.45, 2.75) is 322 Å². The Hall–Kier alpha value is -3.41. The lowest BCUT2D eigenvalue weighted by molar-refractivity contribution is -0.167. The van der Waals surface area contributed by atoms with Crippen LogP contribution in [-0.2, 0) is 28.6 Å². The van der Waals surface area contributed by atoms with Crippen LogP contribution < -0.4 is 0 Å². The highest BCUT2D eigenvalue weighted by atomic mass is 16.6. The highest BCUT2D eigenvalue weighted by Gasteiger charge is 2.19. The summed E-state index contributed by atoms with van der Waals surface area (Å²) < 4.78 is 16.9. The molecule has 0 aromatic heterocycles. The number of hydrogen-bond donors (Lipinski definition) is 0. The highest BCUT2D eigenvalue weighted by Crippen LogP contribution is 2.17. The van der Waals surface area contributed by atoms with E-state index >= 15 is 0 Å². The minimum absolute atomic E-state index is 0.0945. The minimum Gasteiger partial charge on any atom is -0.462 e. The molecular formula is C69H120O6. The van der Waals surface area contributed by atoms with E-state index in [1.54, 1.807) is 0 Å². The summed E-state index contributed by atoms with van der Waals surface area (Å²) in [6, 6.07) is 0. The van der Waals surface area contributed by atoms with E-state index in [-0.39, 0.29) is 37.5 Å². The number of rotatable bonds is 58. The van der Waals surface area contributed by atoms with Gasteiger partial charge in [0.05, 0.1) is 0 Å². The SMILES string of the molecule is CC/C=C\C/C=C\C/C=C\C/C=C\C/C=C\C/C=C\CCCCC(=O)OC(COC(=O)CCCCCCC/C=C\CCCC)COC(=O)CCCCCCCCCCCCCCCCCCCCCCCCCCC. The third-order valence-electron chi connectivity index (χ3n) is 13.9. The molecule has 0 N–H and O–H groups in total. The van der Waals surface area contributed by atoms with Crippen LogP contribution in [0.4, 0.5) is 0 Å². The van der Waals surface area contributed by atoms with Gasteiger partial charge in [-0.15, -0.1) is 0 Å². The third kappa shape index (κ3) is 61.3. The van der Waals surface area contributed by atoms with Gasteiger partial charge in [-0.05, 0) is 89.9 Å². The molecule has 0 fully saturated rings. The molecule has 0 aromatic carbocycles. The van der Waals surface area contributed by atoms with E-state index < -0.39 is 6.10 Å². The summed E-state index contributed by atoms with van der Waals surface area (Å²) in [5, 5.41) is 0. The molecule has 0 aliphatic carbocycles. The smallest absolute Gasteiger partial charge is 0.306 e. The summed E-state index contributed by atoms with van der Waals surface area (Å²) in [6.07, 6.45) is 83.2. The molecule has 1 unspecified atom stereocenters. The predicted molar refractivity (Wildman–Crippen MR) is 325 cm³/mol. The second kappa shape index (κ2) is 63.1. The van der Waals surface area contributed by atoms with Gasteiger partial charge in [-0.3, -0.25) is 14.4 Å². The van der Waals surface area contributed by atoms with E-state index in [9.17, 15) is 14.4 Å². The van der Waals surface area contributed by atoms with Crippen molar-refractivity contribution in [1.82, 2.24) is 0 Å². The van der Waals surface area contributed by atoms with Crippen molar-refractivity contribution in [3.63, 3.8) is 0 Å². The summed E-state index contributed by atoms with van der Waals surface area (Å²) >= 11 is 0. The monoisotopic (exact) mass is 1040 g/mol. The molecule has 0 bridgehead atoms. The van der Waals surface area contributed by atoms with E-state index in [4.69, 9.17) is 14.2 Å². The zero-order valence-corrected chi connectivity index (χ0v) is 49.6. The molecule has 0 heterocycles. The van der Waals surface area contributed by atoms with Crippen molar-refractivity contribution in [2.24, 2.45) is 0 Å². The maximum atomic E-state index is 12.9. The van der Waals surface area contributed by atoms with Crippen molar-refractivity contribution >= 4 is 17.9 Å². The van der Waals surface area contributed by atoms with Gasteiger partial charge in [0.25, 0.3) is 0 Å². The van der Waals surface area contributed by atoms with Crippen LogP contribution in [0.3, 0.4) is 0 Å². The van der Waals surface area contributed by atoms with Gasteiger partial charge in [0.1, 0.15) is 13.2 Å². The molecule has 432 valence electrons. The largest absolute Gasteiger partial charge is 0.462 e. The summed E-state index contributed by atoms with van der Waals surface area (Å²) in [5.74, 6) is -0.937. The Morgan fingerprint density at radius 3 is 0.893 bits per heavy atom. The zero-order chi connectivity index (χ0) is 54.3. The second-order valence-corrected chi connectivity index (χ2v) is 21.3. The highest BCUT2D eigenvalue weighted by molar-refractivity contribution is 5.71. The maximum absolute atomic E-state index is 12.9. The van der Waals surface area contributed by atoms with E-state index in [0.29, 0.717) is 19.3 Å². The van der Waals surface area contributed by atoms with Crippen molar-refractivity contribution in [1.29, 1.82) is 0 Å². The number of hydrogen-bond acceptors (Lipinski definition) is 6. The van der Waals surface area contributed by atoms with Gasteiger partial charge < -0.3 is 14.2 Å². The Labute approximate surface area is 465 Å². The molecule has 0 radical (unpaired) electrons. The van der Waals surface area contributed by atoms with Crippen LogP contribution in [0.15, 0.2) is 85.1 Å². The van der Waals surface area contributed by atoms with E-state index in [1.165, 1.54) is 167 Å². The van der Waals surface area contributed by atoms with Gasteiger partial charge >= 0.3 is 17.9 Å². The molecule has 0 saturated heterocycles. The van der Waals surface area contributed by atoms with Gasteiger partial charge in [-0.1, -0.05) is 292 Å². The average molecular weight is 1050 g/mol. The summed E-state index contributed by atoms with van der Waals surface area (Å²) in [7, 11) is 0. The lowest BCUT2D eigenvalue weighted by Gasteiger charge is -2.18. The first-order valence-corrected chi connectivity index (χ1v) is 32.1. The van der Waals surface area contributed by atoms with Crippen LogP contribution in [0, 0.1) is 0 Å². The molecule has 6 nitrogen and oxygen atoms in total. The van der Waals surface area contributed by atoms with Crippen LogP contribution >= 0.6 is 0 Å². The number of ether oxygens (including phenoxy) is 3. The first-order valence-electron chi connectivity index (χ1n) is 32.1. The zero-order valence-electron chi connectivity index (χ0n) is 49.6. The topological polar surface area (TPSA) is 78.9 Å². The van der Waals surface area contributed by atoms with Gasteiger partial charge in [0.15, 0.2) is 6.10 Å². The standard InChI is InChI=1S/C69H120O6/c1-4-7-10-13-16-19-22-24-26-28-30-32-33-34-35-37-38-40-42-44-47-50-53-56-59-62-68(71)74-65-66(64-73-67(70)61-58-55-52-49-46-21-18-15-12-9-6-3)75-69(72)63-60-57-54-51-48-45-43-41-39-36-31-29-27-25-23-20-17-14-11-8-5-2/h8,11,15,17-18,20,25,27,31,36,41,43,48,51,66H,4-7,9-10,12-14,16,19,21-24,26,28-30,32-35,37-40,42,44-47,49-50,52-65H2,1-3H3/b11-8-,18-15-,20-17-,27-25-,36-31-,43-41-,51-48-. The number of unbranched alkanes of at least 4 members (excludes halogenated alkanes) is 33. The van der Waals surface area contributed by atoms with Crippen molar-refractivity contribution in [3.8, 4) is 0 Å². The first kappa shape index (κ1) is 71.6. The Morgan fingerprint density at radius 1 is 0.280 bits per heavy atom. The fourth-order valence-electron chi connectivity index (χ4n) is 9.08. The van der Waals surface area contributed by atoms with Crippen molar-refractivity contribution < 1.29 is 28.6 Å². The Morgan fingerprint density at radius 2 is 0.533 bits per heavy atom. The van der Waals surface area contributed by atoms with Gasteiger partial charge in [0, 0.05) is 19.3 Å². The van der Waals surface area contributed by atoms with E-state index in [2.05, 4.69) is 106 Å². The Balaban J connectivity index is 4.31. The number of carbonyl (C=O) groups excluding carboxylic acids is 3. The average Bonchev–Trinajstić information content (AvgIpc) is 3.41. The van der Waals surface area contributed by atoms with Crippen LogP contribution in [-0.4, -0.2) is 37.2 Å². The third-order valence-corrected chi connectivity index (χ3v) is 13.9. The summed E-state index contributed by atoms with van der Waals surface area (Å²) in [5.41, 5.74) is 0. The lowest BCUT2D eigenvalue weighted by atomic mass is 10.0. The molecule has 6 heteroatoms. The Bertz CT molecular complexity index is 1430. The molecular weight excluding hydrogens is 925 g/mol. The molecule has 75 heavy (non-hydrogen) atoms. The van der Waals surface area contributed by atoms with Crippen molar-refractivity contribution in [2.75, 3.05) is 13.2 Å². The van der Waals surface area contributed by atoms with E-state index in [0.717, 1.165) is 103 Å². The first-order chi connectivity index (χ1) is 37.0. The molecule has 0 spiro atoms. The van der Waals surface area contributed by atoms with Crippen LogP contribution in [0.1, 0.15) is 316 Å². The van der Waals surface area contributed by atoms with Gasteiger partial charge in [0.2, 0.25) is 0 Å². The predicted octanol–water partition coefficient (Wildman–Crippen LogP) is 21.9. The van der Waals surface area contributed by atoms with Crippen LogP contribution in [0.2, 0.25) is 0 Å². The summed E-state index contributed by atoms with van der Waals surface area (Å²) in [4.78, 5) is 38.2. The van der Waals surface area contributed by atoms with Crippen molar-refractivity contribution in [3.05, 3.63) is 85.1 Å². The van der Waals surface area contributed by atoms with E-state index in [1.807, 2.05) is 0 Å². The van der Waals surface area contributed by atoms with Crippen LogP contribution in [0.5, 0.6) is 0 Å². The van der Waals surface area contributed by atoms with Gasteiger partial charge in [-0.2, -0.15) is 0 Å². The lowest BCUT2D eigenvalue weighted by Crippen LogP contribution is -2.30. The van der Waals surface area contributed by atoms with Crippen LogP contribution in [0.25, 0.3) is 0 Å². The second-order valence-electron chi connectivity index (χ2n) is 21.3. The summed E-state index contributed by atoms with van der Waals surface area (Å²) in [6.45, 7) is 6.48. The molecule has 0 aliphatic rings.